The minimum atomic E-state index is -1.01. The molecule has 0 fully saturated rings. The zero-order valence-corrected chi connectivity index (χ0v) is 12.3. The molecule has 0 saturated heterocycles. The normalized spacial score (nSPS) is 11.0. The first-order chi connectivity index (χ1) is 9.20. The Balaban J connectivity index is 2.61. The molecule has 1 rings (SSSR count). The lowest BCUT2D eigenvalue weighted by Crippen LogP contribution is -2.36. The first kappa shape index (κ1) is 16.0. The van der Waals surface area contributed by atoms with Crippen LogP contribution in [0.25, 0.3) is 0 Å². The predicted octanol–water partition coefficient (Wildman–Crippen LogP) is 2.15. The molecule has 1 aromatic carbocycles. The summed E-state index contributed by atoms with van der Waals surface area (Å²) >= 11 is 0. The van der Waals surface area contributed by atoms with Crippen molar-refractivity contribution < 1.29 is 19.4 Å². The van der Waals surface area contributed by atoms with E-state index in [4.69, 9.17) is 9.84 Å². The molecule has 5 heteroatoms. The van der Waals surface area contributed by atoms with Crippen molar-refractivity contribution in [2.24, 2.45) is 5.41 Å². The number of hydrogen-bond acceptors (Lipinski definition) is 3. The van der Waals surface area contributed by atoms with Gasteiger partial charge in [0.05, 0.1) is 0 Å². The smallest absolute Gasteiger partial charge is 0.341 e. The Morgan fingerprint density at radius 3 is 2.20 bits per heavy atom. The fourth-order valence-electron chi connectivity index (χ4n) is 1.75. The Hall–Kier alpha value is -2.04. The van der Waals surface area contributed by atoms with Crippen LogP contribution in [0.5, 0.6) is 5.75 Å². The number of ether oxygens (including phenoxy) is 1. The molecule has 20 heavy (non-hydrogen) atoms. The average Bonchev–Trinajstić information content (AvgIpc) is 2.35. The van der Waals surface area contributed by atoms with E-state index in [9.17, 15) is 9.59 Å². The van der Waals surface area contributed by atoms with Crippen LogP contribution in [0.2, 0.25) is 0 Å². The SMILES string of the molecule is CN(Cc1ccc(OCC(=O)O)cc1)C(=O)C(C)(C)C. The van der Waals surface area contributed by atoms with Crippen LogP contribution in [0, 0.1) is 5.41 Å². The summed E-state index contributed by atoms with van der Waals surface area (Å²) in [5, 5.41) is 8.52. The van der Waals surface area contributed by atoms with Crippen LogP contribution in [0.3, 0.4) is 0 Å². The third-order valence-corrected chi connectivity index (χ3v) is 2.69. The molecule has 0 spiro atoms. The van der Waals surface area contributed by atoms with E-state index in [1.54, 1.807) is 24.1 Å². The molecule has 0 aliphatic carbocycles. The molecule has 0 aliphatic heterocycles. The highest BCUT2D eigenvalue weighted by Crippen LogP contribution is 2.19. The highest BCUT2D eigenvalue weighted by Gasteiger charge is 2.24. The van der Waals surface area contributed by atoms with Crippen molar-refractivity contribution in [3.63, 3.8) is 0 Å². The summed E-state index contributed by atoms with van der Waals surface area (Å²) in [5.74, 6) is -0.436. The average molecular weight is 279 g/mol. The van der Waals surface area contributed by atoms with Gasteiger partial charge in [0.25, 0.3) is 0 Å². The highest BCUT2D eigenvalue weighted by molar-refractivity contribution is 5.81. The summed E-state index contributed by atoms with van der Waals surface area (Å²) in [7, 11) is 1.77. The number of carbonyl (C=O) groups is 2. The third-order valence-electron chi connectivity index (χ3n) is 2.69. The van der Waals surface area contributed by atoms with Gasteiger partial charge in [0.2, 0.25) is 5.91 Å². The molecule has 1 amide bonds. The van der Waals surface area contributed by atoms with Gasteiger partial charge in [-0.1, -0.05) is 32.9 Å². The van der Waals surface area contributed by atoms with Crippen molar-refractivity contribution in [3.8, 4) is 5.75 Å². The lowest BCUT2D eigenvalue weighted by molar-refractivity contribution is -0.139. The van der Waals surface area contributed by atoms with Gasteiger partial charge in [0.1, 0.15) is 5.75 Å². The fourth-order valence-corrected chi connectivity index (χ4v) is 1.75. The quantitative estimate of drug-likeness (QED) is 0.897. The van der Waals surface area contributed by atoms with E-state index in [1.165, 1.54) is 0 Å². The van der Waals surface area contributed by atoms with Crippen LogP contribution >= 0.6 is 0 Å². The summed E-state index contributed by atoms with van der Waals surface area (Å²) < 4.78 is 5.05. The maximum Gasteiger partial charge on any atom is 0.341 e. The van der Waals surface area contributed by atoms with Crippen LogP contribution in [-0.2, 0) is 16.1 Å². The number of nitrogens with zero attached hydrogens (tertiary/aromatic N) is 1. The Morgan fingerprint density at radius 1 is 1.20 bits per heavy atom. The lowest BCUT2D eigenvalue weighted by Gasteiger charge is -2.26. The Kier molecular flexibility index (Phi) is 5.13. The van der Waals surface area contributed by atoms with Crippen LogP contribution in [-0.4, -0.2) is 35.5 Å². The molecule has 1 aromatic rings. The topological polar surface area (TPSA) is 66.8 Å². The third kappa shape index (κ3) is 4.91. The van der Waals surface area contributed by atoms with E-state index in [0.29, 0.717) is 12.3 Å². The Morgan fingerprint density at radius 2 is 1.75 bits per heavy atom. The van der Waals surface area contributed by atoms with Crippen molar-refractivity contribution in [2.45, 2.75) is 27.3 Å². The van der Waals surface area contributed by atoms with Crippen molar-refractivity contribution in [2.75, 3.05) is 13.7 Å². The molecule has 0 unspecified atom stereocenters. The zero-order valence-electron chi connectivity index (χ0n) is 12.3. The minimum absolute atomic E-state index is 0.0729. The lowest BCUT2D eigenvalue weighted by atomic mass is 9.95. The second-order valence-electron chi connectivity index (χ2n) is 5.74. The largest absolute Gasteiger partial charge is 0.482 e. The summed E-state index contributed by atoms with van der Waals surface area (Å²) in [5.41, 5.74) is 0.562. The van der Waals surface area contributed by atoms with Gasteiger partial charge < -0.3 is 14.7 Å². The molecule has 0 heterocycles. The molecule has 1 N–H and O–H groups in total. The van der Waals surface area contributed by atoms with Crippen LogP contribution in [0.15, 0.2) is 24.3 Å². The number of carboxylic acids is 1. The first-order valence-electron chi connectivity index (χ1n) is 6.39. The monoisotopic (exact) mass is 279 g/mol. The molecule has 0 atom stereocenters. The number of benzene rings is 1. The number of hydrogen-bond donors (Lipinski definition) is 1. The highest BCUT2D eigenvalue weighted by atomic mass is 16.5. The molecule has 0 radical (unpaired) electrons. The molecule has 0 aliphatic rings. The van der Waals surface area contributed by atoms with Gasteiger partial charge in [0, 0.05) is 19.0 Å². The van der Waals surface area contributed by atoms with Crippen molar-refractivity contribution in [3.05, 3.63) is 29.8 Å². The summed E-state index contributed by atoms with van der Waals surface area (Å²) in [6, 6.07) is 7.05. The second kappa shape index (κ2) is 6.41. The van der Waals surface area contributed by atoms with Crippen molar-refractivity contribution in [1.82, 2.24) is 4.90 Å². The molecule has 5 nitrogen and oxygen atoms in total. The summed E-state index contributed by atoms with van der Waals surface area (Å²) in [6.45, 7) is 5.80. The Labute approximate surface area is 119 Å². The van der Waals surface area contributed by atoms with Crippen LogP contribution in [0.1, 0.15) is 26.3 Å². The minimum Gasteiger partial charge on any atom is -0.482 e. The van der Waals surface area contributed by atoms with Crippen molar-refractivity contribution in [1.29, 1.82) is 0 Å². The maximum absolute atomic E-state index is 12.0. The number of amides is 1. The van der Waals surface area contributed by atoms with Gasteiger partial charge in [-0.15, -0.1) is 0 Å². The molecule has 0 saturated carbocycles. The van der Waals surface area contributed by atoms with Gasteiger partial charge in [-0.2, -0.15) is 0 Å². The predicted molar refractivity (Wildman–Crippen MR) is 75.5 cm³/mol. The zero-order chi connectivity index (χ0) is 15.3. The fraction of sp³-hybridized carbons (Fsp3) is 0.467. The van der Waals surface area contributed by atoms with E-state index in [0.717, 1.165) is 5.56 Å². The standard InChI is InChI=1S/C15H21NO4/c1-15(2,3)14(19)16(4)9-11-5-7-12(8-6-11)20-10-13(17)18/h5-8H,9-10H2,1-4H3,(H,17,18). The molecule has 0 aromatic heterocycles. The van der Waals surface area contributed by atoms with E-state index in [-0.39, 0.29) is 12.5 Å². The van der Waals surface area contributed by atoms with Gasteiger partial charge in [0.15, 0.2) is 6.61 Å². The summed E-state index contributed by atoms with van der Waals surface area (Å²) in [6.07, 6.45) is 0. The number of aliphatic carboxylic acids is 1. The molecular weight excluding hydrogens is 258 g/mol. The second-order valence-corrected chi connectivity index (χ2v) is 5.74. The van der Waals surface area contributed by atoms with Crippen LogP contribution < -0.4 is 4.74 Å². The number of rotatable bonds is 5. The maximum atomic E-state index is 12.0. The number of carboxylic acid groups (broad SMARTS) is 1. The first-order valence-corrected chi connectivity index (χ1v) is 6.39. The molecular formula is C15H21NO4. The summed E-state index contributed by atoms with van der Waals surface area (Å²) in [4.78, 5) is 24.1. The van der Waals surface area contributed by atoms with Gasteiger partial charge >= 0.3 is 5.97 Å². The van der Waals surface area contributed by atoms with Crippen molar-refractivity contribution >= 4 is 11.9 Å². The van der Waals surface area contributed by atoms with E-state index in [1.807, 2.05) is 32.9 Å². The van der Waals surface area contributed by atoms with Gasteiger partial charge in [-0.3, -0.25) is 4.79 Å². The Bertz CT molecular complexity index is 474. The molecule has 0 bridgehead atoms. The van der Waals surface area contributed by atoms with E-state index < -0.39 is 11.4 Å². The number of carbonyl (C=O) groups excluding carboxylic acids is 1. The van der Waals surface area contributed by atoms with Crippen LogP contribution in [0.4, 0.5) is 0 Å². The van der Waals surface area contributed by atoms with Gasteiger partial charge in [-0.25, -0.2) is 4.79 Å². The van der Waals surface area contributed by atoms with Gasteiger partial charge in [-0.05, 0) is 17.7 Å². The van der Waals surface area contributed by atoms with E-state index >= 15 is 0 Å². The van der Waals surface area contributed by atoms with E-state index in [2.05, 4.69) is 0 Å². The molecule has 110 valence electrons.